The summed E-state index contributed by atoms with van der Waals surface area (Å²) in [4.78, 5) is 15.0. The molecule has 1 unspecified atom stereocenters. The van der Waals surface area contributed by atoms with E-state index in [1.54, 1.807) is 13.3 Å². The molecule has 7 heteroatoms. The number of rotatable bonds is 4. The van der Waals surface area contributed by atoms with Gasteiger partial charge in [-0.25, -0.2) is 0 Å². The highest BCUT2D eigenvalue weighted by atomic mass is 16.5. The second kappa shape index (κ2) is 7.44. The Labute approximate surface area is 157 Å². The molecule has 1 atom stereocenters. The molecule has 1 aliphatic rings. The van der Waals surface area contributed by atoms with Gasteiger partial charge in [0.25, 0.3) is 5.91 Å². The Morgan fingerprint density at radius 1 is 1.41 bits per heavy atom. The molecule has 4 rings (SSSR count). The number of ether oxygens (including phenoxy) is 2. The van der Waals surface area contributed by atoms with Crippen LogP contribution in [0.5, 0.6) is 5.75 Å². The highest BCUT2D eigenvalue weighted by Crippen LogP contribution is 2.29. The van der Waals surface area contributed by atoms with Crippen LogP contribution in [0.4, 0.5) is 0 Å². The Hall–Kier alpha value is -2.80. The molecular weight excluding hydrogens is 346 g/mol. The Morgan fingerprint density at radius 2 is 2.30 bits per heavy atom. The molecule has 0 N–H and O–H groups in total. The molecule has 0 aliphatic carbocycles. The van der Waals surface area contributed by atoms with Crippen molar-refractivity contribution in [1.82, 2.24) is 14.7 Å². The molecule has 1 amide bonds. The topological polar surface area (TPSA) is 69.7 Å². The van der Waals surface area contributed by atoms with Gasteiger partial charge >= 0.3 is 0 Å². The van der Waals surface area contributed by atoms with Crippen LogP contribution in [0.2, 0.25) is 0 Å². The molecule has 0 saturated carbocycles. The van der Waals surface area contributed by atoms with Crippen molar-refractivity contribution in [1.29, 1.82) is 0 Å². The third kappa shape index (κ3) is 3.55. The third-order valence-electron chi connectivity index (χ3n) is 4.93. The number of furan rings is 1. The van der Waals surface area contributed by atoms with E-state index in [2.05, 4.69) is 5.10 Å². The van der Waals surface area contributed by atoms with E-state index in [0.717, 1.165) is 17.4 Å². The van der Waals surface area contributed by atoms with Crippen molar-refractivity contribution in [2.75, 3.05) is 26.8 Å². The summed E-state index contributed by atoms with van der Waals surface area (Å²) in [5, 5.41) is 5.16. The minimum absolute atomic E-state index is 0.0962. The number of nitrogens with zero attached hydrogens (tertiary/aromatic N) is 3. The number of benzene rings is 1. The van der Waals surface area contributed by atoms with Gasteiger partial charge in [-0.3, -0.25) is 9.48 Å². The molecule has 3 heterocycles. The zero-order chi connectivity index (χ0) is 18.8. The summed E-state index contributed by atoms with van der Waals surface area (Å²) >= 11 is 0. The lowest BCUT2D eigenvalue weighted by molar-refractivity contribution is 0.0358. The number of carbonyl (C=O) groups is 1. The van der Waals surface area contributed by atoms with Gasteiger partial charge < -0.3 is 18.8 Å². The SMILES string of the molecule is COc1ccc2c(C)c(C(=O)N3CCCOC(Cn4cccn4)C3)oc2c1. The lowest BCUT2D eigenvalue weighted by Crippen LogP contribution is -2.38. The number of methoxy groups -OCH3 is 1. The van der Waals surface area contributed by atoms with Gasteiger partial charge in [0.2, 0.25) is 0 Å². The minimum atomic E-state index is -0.0985. The first kappa shape index (κ1) is 17.6. The summed E-state index contributed by atoms with van der Waals surface area (Å²) in [5.41, 5.74) is 1.51. The van der Waals surface area contributed by atoms with E-state index >= 15 is 0 Å². The van der Waals surface area contributed by atoms with Crippen molar-refractivity contribution >= 4 is 16.9 Å². The number of hydrogen-bond donors (Lipinski definition) is 0. The molecule has 27 heavy (non-hydrogen) atoms. The van der Waals surface area contributed by atoms with E-state index in [9.17, 15) is 4.79 Å². The lowest BCUT2D eigenvalue weighted by Gasteiger charge is -2.23. The second-order valence-corrected chi connectivity index (χ2v) is 6.74. The molecule has 1 aliphatic heterocycles. The average Bonchev–Trinajstić information content (AvgIpc) is 3.23. The molecule has 1 saturated heterocycles. The summed E-state index contributed by atoms with van der Waals surface area (Å²) < 4.78 is 18.9. The van der Waals surface area contributed by atoms with Gasteiger partial charge in [-0.15, -0.1) is 0 Å². The summed E-state index contributed by atoms with van der Waals surface area (Å²) in [7, 11) is 1.61. The highest BCUT2D eigenvalue weighted by Gasteiger charge is 2.28. The Balaban J connectivity index is 1.57. The van der Waals surface area contributed by atoms with Crippen LogP contribution in [-0.2, 0) is 11.3 Å². The largest absolute Gasteiger partial charge is 0.497 e. The number of fused-ring (bicyclic) bond motifs is 1. The first-order valence-electron chi connectivity index (χ1n) is 9.11. The van der Waals surface area contributed by atoms with Crippen LogP contribution in [0.1, 0.15) is 22.5 Å². The van der Waals surface area contributed by atoms with Gasteiger partial charge in [0.05, 0.1) is 19.8 Å². The number of aryl methyl sites for hydroxylation is 1. The Morgan fingerprint density at radius 3 is 3.07 bits per heavy atom. The van der Waals surface area contributed by atoms with E-state index in [-0.39, 0.29) is 12.0 Å². The van der Waals surface area contributed by atoms with Crippen molar-refractivity contribution in [3.8, 4) is 5.75 Å². The van der Waals surface area contributed by atoms with E-state index in [4.69, 9.17) is 13.9 Å². The fourth-order valence-corrected chi connectivity index (χ4v) is 3.49. The number of aromatic nitrogens is 2. The molecule has 142 valence electrons. The van der Waals surface area contributed by atoms with Crippen LogP contribution in [0.25, 0.3) is 11.0 Å². The normalized spacial score (nSPS) is 17.9. The predicted octanol–water partition coefficient (Wildman–Crippen LogP) is 2.88. The summed E-state index contributed by atoms with van der Waals surface area (Å²) in [6.45, 7) is 4.33. The standard InChI is InChI=1S/C20H23N3O4/c1-14-17-6-5-15(25-2)11-18(17)27-19(14)20(24)22-8-4-10-26-16(12-22)13-23-9-3-7-21-23/h3,5-7,9,11,16H,4,8,10,12-13H2,1-2H3. The van der Waals surface area contributed by atoms with E-state index < -0.39 is 0 Å². The van der Waals surface area contributed by atoms with Crippen molar-refractivity contribution in [3.05, 3.63) is 48.0 Å². The van der Waals surface area contributed by atoms with Gasteiger partial charge in [-0.2, -0.15) is 5.10 Å². The molecule has 0 spiro atoms. The van der Waals surface area contributed by atoms with Crippen LogP contribution in [0, 0.1) is 6.92 Å². The Bertz CT molecular complexity index is 932. The van der Waals surface area contributed by atoms with Crippen LogP contribution < -0.4 is 4.74 Å². The quantitative estimate of drug-likeness (QED) is 0.707. The molecule has 3 aromatic rings. The molecule has 0 radical (unpaired) electrons. The van der Waals surface area contributed by atoms with Crippen molar-refractivity contribution < 1.29 is 18.7 Å². The first-order valence-corrected chi connectivity index (χ1v) is 9.11. The first-order chi connectivity index (χ1) is 13.2. The van der Waals surface area contributed by atoms with Gasteiger partial charge in [-0.1, -0.05) is 0 Å². The van der Waals surface area contributed by atoms with E-state index in [1.807, 2.05) is 47.0 Å². The molecule has 0 bridgehead atoms. The maximum absolute atomic E-state index is 13.2. The highest BCUT2D eigenvalue weighted by molar-refractivity contribution is 5.99. The van der Waals surface area contributed by atoms with E-state index in [0.29, 0.717) is 43.3 Å². The molecular formula is C20H23N3O4. The number of hydrogen-bond acceptors (Lipinski definition) is 5. The summed E-state index contributed by atoms with van der Waals surface area (Å²) in [6.07, 6.45) is 4.35. The molecule has 1 aromatic carbocycles. The average molecular weight is 369 g/mol. The van der Waals surface area contributed by atoms with Gasteiger partial charge in [0.15, 0.2) is 5.76 Å². The fourth-order valence-electron chi connectivity index (χ4n) is 3.49. The second-order valence-electron chi connectivity index (χ2n) is 6.74. The Kier molecular flexibility index (Phi) is 4.85. The van der Waals surface area contributed by atoms with Crippen LogP contribution in [0.15, 0.2) is 41.1 Å². The van der Waals surface area contributed by atoms with Crippen molar-refractivity contribution in [3.63, 3.8) is 0 Å². The lowest BCUT2D eigenvalue weighted by atomic mass is 10.1. The predicted molar refractivity (Wildman–Crippen MR) is 100.0 cm³/mol. The van der Waals surface area contributed by atoms with Crippen LogP contribution >= 0.6 is 0 Å². The summed E-state index contributed by atoms with van der Waals surface area (Å²) in [6, 6.07) is 7.49. The monoisotopic (exact) mass is 369 g/mol. The minimum Gasteiger partial charge on any atom is -0.497 e. The van der Waals surface area contributed by atoms with Gasteiger partial charge in [0, 0.05) is 49.1 Å². The third-order valence-corrected chi connectivity index (χ3v) is 4.93. The molecule has 1 fully saturated rings. The van der Waals surface area contributed by atoms with Crippen LogP contribution in [-0.4, -0.2) is 53.5 Å². The zero-order valence-corrected chi connectivity index (χ0v) is 15.6. The maximum Gasteiger partial charge on any atom is 0.289 e. The molecule has 7 nitrogen and oxygen atoms in total. The molecule has 2 aromatic heterocycles. The number of amides is 1. The summed E-state index contributed by atoms with van der Waals surface area (Å²) in [5.74, 6) is 0.995. The van der Waals surface area contributed by atoms with Gasteiger partial charge in [-0.05, 0) is 31.5 Å². The van der Waals surface area contributed by atoms with Gasteiger partial charge in [0.1, 0.15) is 11.3 Å². The smallest absolute Gasteiger partial charge is 0.289 e. The van der Waals surface area contributed by atoms with Crippen LogP contribution in [0.3, 0.4) is 0 Å². The number of carbonyl (C=O) groups excluding carboxylic acids is 1. The van der Waals surface area contributed by atoms with Crippen molar-refractivity contribution in [2.45, 2.75) is 26.0 Å². The van der Waals surface area contributed by atoms with Crippen molar-refractivity contribution in [2.24, 2.45) is 0 Å². The fraction of sp³-hybridized carbons (Fsp3) is 0.400. The maximum atomic E-state index is 13.2. The zero-order valence-electron chi connectivity index (χ0n) is 15.6. The van der Waals surface area contributed by atoms with E-state index in [1.165, 1.54) is 0 Å².